The molecule has 0 aliphatic carbocycles. The molecule has 0 unspecified atom stereocenters. The zero-order valence-electron chi connectivity index (χ0n) is 23.7. The Balaban J connectivity index is 1.60. The first-order valence-electron chi connectivity index (χ1n) is 13.3. The summed E-state index contributed by atoms with van der Waals surface area (Å²) in [5, 5.41) is 3.56. The van der Waals surface area contributed by atoms with Gasteiger partial charge in [-0.05, 0) is 94.0 Å². The van der Waals surface area contributed by atoms with Gasteiger partial charge in [-0.2, -0.15) is 4.98 Å². The number of methoxy groups -OCH3 is 1. The van der Waals surface area contributed by atoms with Crippen LogP contribution in [0.2, 0.25) is 0 Å². The van der Waals surface area contributed by atoms with E-state index in [9.17, 15) is 0 Å². The molecule has 1 N–H and O–H groups in total. The topological polar surface area (TPSA) is 70.3 Å². The van der Waals surface area contributed by atoms with Crippen LogP contribution in [0.1, 0.15) is 35.6 Å². The number of nitrogens with one attached hydrogen (secondary N) is 1. The van der Waals surface area contributed by atoms with Gasteiger partial charge in [0.1, 0.15) is 6.67 Å². The molecule has 2 heterocycles. The second kappa shape index (κ2) is 12.3. The molecule has 0 saturated carbocycles. The van der Waals surface area contributed by atoms with Crippen molar-refractivity contribution in [2.24, 2.45) is 9.98 Å². The van der Waals surface area contributed by atoms with E-state index >= 15 is 0 Å². The highest BCUT2D eigenvalue weighted by atomic mass is 16.5. The minimum Gasteiger partial charge on any atom is -0.468 e. The maximum absolute atomic E-state index is 5.54. The first kappa shape index (κ1) is 27.4. The fourth-order valence-corrected chi connectivity index (χ4v) is 5.12. The molecular formula is C30H41N7O. The average molecular weight is 516 g/mol. The van der Waals surface area contributed by atoms with Crippen LogP contribution >= 0.6 is 0 Å². The van der Waals surface area contributed by atoms with E-state index < -0.39 is 0 Å². The second-order valence-corrected chi connectivity index (χ2v) is 10.1. The number of allylic oxidation sites excluding steroid dienone is 1. The molecule has 8 nitrogen and oxygen atoms in total. The highest BCUT2D eigenvalue weighted by molar-refractivity contribution is 6.10. The molecule has 3 aromatic rings. The maximum atomic E-state index is 5.54. The Morgan fingerprint density at radius 2 is 2.03 bits per heavy atom. The third kappa shape index (κ3) is 5.91. The molecule has 1 aromatic heterocycles. The van der Waals surface area contributed by atoms with Gasteiger partial charge in [-0.25, -0.2) is 0 Å². The Hall–Kier alpha value is -3.65. The summed E-state index contributed by atoms with van der Waals surface area (Å²) in [6.07, 6.45) is 6.62. The predicted molar refractivity (Wildman–Crippen MR) is 161 cm³/mol. The summed E-state index contributed by atoms with van der Waals surface area (Å²) in [6, 6.07) is 9.54. The molecule has 8 heteroatoms. The molecule has 202 valence electrons. The van der Waals surface area contributed by atoms with E-state index in [0.717, 1.165) is 61.4 Å². The van der Waals surface area contributed by atoms with Gasteiger partial charge in [0.2, 0.25) is 0 Å². The number of aromatic nitrogens is 2. The van der Waals surface area contributed by atoms with Crippen molar-refractivity contribution < 1.29 is 4.74 Å². The molecule has 1 aliphatic rings. The van der Waals surface area contributed by atoms with Crippen LogP contribution in [0.25, 0.3) is 11.0 Å². The van der Waals surface area contributed by atoms with Crippen molar-refractivity contribution >= 4 is 34.8 Å². The zero-order valence-corrected chi connectivity index (χ0v) is 23.7. The Morgan fingerprint density at radius 1 is 1.21 bits per heavy atom. The van der Waals surface area contributed by atoms with E-state index in [1.807, 2.05) is 6.08 Å². The van der Waals surface area contributed by atoms with Crippen molar-refractivity contribution in [3.63, 3.8) is 0 Å². The summed E-state index contributed by atoms with van der Waals surface area (Å²) < 4.78 is 7.71. The van der Waals surface area contributed by atoms with Crippen LogP contribution in [0.15, 0.2) is 46.5 Å². The van der Waals surface area contributed by atoms with Crippen LogP contribution in [-0.4, -0.2) is 74.9 Å². The van der Waals surface area contributed by atoms with E-state index in [1.165, 1.54) is 27.9 Å². The minimum atomic E-state index is 0.449. The normalized spacial score (nSPS) is 13.5. The molecule has 0 atom stereocenters. The monoisotopic (exact) mass is 515 g/mol. The second-order valence-electron chi connectivity index (χ2n) is 10.1. The lowest BCUT2D eigenvalue weighted by molar-refractivity contribution is 0.356. The molecule has 1 aliphatic heterocycles. The lowest BCUT2D eigenvalue weighted by Gasteiger charge is -2.25. The Bertz CT molecular complexity index is 1350. The van der Waals surface area contributed by atoms with Crippen molar-refractivity contribution in [1.82, 2.24) is 14.5 Å². The summed E-state index contributed by atoms with van der Waals surface area (Å²) in [4.78, 5) is 18.1. The van der Waals surface area contributed by atoms with Gasteiger partial charge in [0.15, 0.2) is 0 Å². The van der Waals surface area contributed by atoms with Gasteiger partial charge in [-0.15, -0.1) is 0 Å². The number of hydrogen-bond donors (Lipinski definition) is 1. The molecular weight excluding hydrogens is 474 g/mol. The van der Waals surface area contributed by atoms with Gasteiger partial charge in [-0.1, -0.05) is 6.92 Å². The van der Waals surface area contributed by atoms with Crippen molar-refractivity contribution in [3.05, 3.63) is 58.8 Å². The summed E-state index contributed by atoms with van der Waals surface area (Å²) in [5.41, 5.74) is 10.2. The number of aliphatic imine (C=N–C) groups is 2. The van der Waals surface area contributed by atoms with Gasteiger partial charge in [0, 0.05) is 49.8 Å². The van der Waals surface area contributed by atoms with E-state index in [4.69, 9.17) is 14.7 Å². The lowest BCUT2D eigenvalue weighted by Crippen LogP contribution is -2.29. The zero-order chi connectivity index (χ0) is 27.2. The highest BCUT2D eigenvalue weighted by Crippen LogP contribution is 2.31. The number of aryl methyl sites for hydroxylation is 4. The number of nitrogens with zero attached hydrogens (tertiary/aromatic N) is 6. The standard InChI is InChI=1S/C30H41N7O/c1-8-22-19-28(36(6)15-14-35(4)5)21(2)16-26(22)33-20-32-25(11-12-31-3)24-17-23-10-9-13-37-29(23)27(18-24)34-30(37)38-7/h11-12,16-19,33H,3,8-10,13-15,20H2,1-2,4-7H3/b12-11-,32-25+. The van der Waals surface area contributed by atoms with Crippen LogP contribution in [0.4, 0.5) is 11.4 Å². The number of imidazole rings is 1. The van der Waals surface area contributed by atoms with Crippen LogP contribution in [-0.2, 0) is 19.4 Å². The molecule has 2 aromatic carbocycles. The van der Waals surface area contributed by atoms with E-state index in [1.54, 1.807) is 13.3 Å². The van der Waals surface area contributed by atoms with Crippen LogP contribution < -0.4 is 15.0 Å². The number of ether oxygens (including phenoxy) is 1. The smallest absolute Gasteiger partial charge is 0.297 e. The van der Waals surface area contributed by atoms with Crippen LogP contribution in [0, 0.1) is 6.92 Å². The summed E-state index contributed by atoms with van der Waals surface area (Å²) in [7, 11) is 8.06. The quantitative estimate of drug-likeness (QED) is 0.346. The van der Waals surface area contributed by atoms with Crippen molar-refractivity contribution in [2.75, 3.05) is 58.2 Å². The Morgan fingerprint density at radius 3 is 2.74 bits per heavy atom. The number of rotatable bonds is 12. The number of likely N-dealkylation sites (N-methyl/N-ethyl adjacent to an activating group) is 2. The maximum Gasteiger partial charge on any atom is 0.297 e. The molecule has 4 rings (SSSR count). The number of anilines is 2. The Kier molecular flexibility index (Phi) is 8.84. The molecule has 0 amide bonds. The van der Waals surface area contributed by atoms with Gasteiger partial charge in [0.05, 0.1) is 23.9 Å². The average Bonchev–Trinajstić information content (AvgIpc) is 3.28. The third-order valence-corrected chi connectivity index (χ3v) is 7.15. The van der Waals surface area contributed by atoms with E-state index in [-0.39, 0.29) is 0 Å². The van der Waals surface area contributed by atoms with E-state index in [2.05, 4.69) is 90.6 Å². The predicted octanol–water partition coefficient (Wildman–Crippen LogP) is 4.93. The highest BCUT2D eigenvalue weighted by Gasteiger charge is 2.20. The largest absolute Gasteiger partial charge is 0.468 e. The van der Waals surface area contributed by atoms with Crippen LogP contribution in [0.5, 0.6) is 6.01 Å². The molecule has 0 spiro atoms. The van der Waals surface area contributed by atoms with Crippen LogP contribution in [0.3, 0.4) is 0 Å². The third-order valence-electron chi connectivity index (χ3n) is 7.15. The van der Waals surface area contributed by atoms with Crippen molar-refractivity contribution in [3.8, 4) is 6.01 Å². The van der Waals surface area contributed by atoms with Crippen molar-refractivity contribution in [2.45, 2.75) is 39.7 Å². The fraction of sp³-hybridized carbons (Fsp3) is 0.433. The van der Waals surface area contributed by atoms with Gasteiger partial charge >= 0.3 is 0 Å². The summed E-state index contributed by atoms with van der Waals surface area (Å²) in [6.45, 7) is 11.4. The first-order chi connectivity index (χ1) is 18.4. The molecule has 0 radical (unpaired) electrons. The first-order valence-corrected chi connectivity index (χ1v) is 13.3. The molecule has 0 saturated heterocycles. The van der Waals surface area contributed by atoms with Crippen molar-refractivity contribution in [1.29, 1.82) is 0 Å². The van der Waals surface area contributed by atoms with Gasteiger partial charge in [0.25, 0.3) is 6.01 Å². The molecule has 38 heavy (non-hydrogen) atoms. The fourth-order valence-electron chi connectivity index (χ4n) is 5.12. The molecule has 0 bridgehead atoms. The van der Waals surface area contributed by atoms with Gasteiger partial charge < -0.3 is 19.9 Å². The number of benzene rings is 2. The lowest BCUT2D eigenvalue weighted by atomic mass is 9.99. The Labute approximate surface area is 226 Å². The minimum absolute atomic E-state index is 0.449. The number of hydrogen-bond acceptors (Lipinski definition) is 7. The van der Waals surface area contributed by atoms with E-state index in [0.29, 0.717) is 12.7 Å². The summed E-state index contributed by atoms with van der Waals surface area (Å²) >= 11 is 0. The van der Waals surface area contributed by atoms with Gasteiger partial charge in [-0.3, -0.25) is 14.6 Å². The summed E-state index contributed by atoms with van der Waals surface area (Å²) in [5.74, 6) is 0. The SMILES string of the molecule is C=N/C=C\C(=N/CNc1cc(C)c(N(C)CCN(C)C)cc1CC)c1cc2c3c(c1)nc(OC)n3CCC2. The molecule has 0 fully saturated rings.